The number of carbonyl (C=O) groups is 2. The molecule has 0 saturated carbocycles. The van der Waals surface area contributed by atoms with Gasteiger partial charge in [0.15, 0.2) is 0 Å². The minimum atomic E-state index is -0.184. The van der Waals surface area contributed by atoms with Crippen molar-refractivity contribution in [1.29, 1.82) is 0 Å². The van der Waals surface area contributed by atoms with Gasteiger partial charge in [-0.15, -0.1) is 0 Å². The number of hydrogen-bond acceptors (Lipinski definition) is 3. The first-order valence-electron chi connectivity index (χ1n) is 9.32. The molecule has 5 nitrogen and oxygen atoms in total. The van der Waals surface area contributed by atoms with Crippen LogP contribution in [0.1, 0.15) is 35.2 Å². The van der Waals surface area contributed by atoms with E-state index in [1.54, 1.807) is 25.3 Å². The molecule has 0 radical (unpaired) electrons. The molecule has 2 N–H and O–H groups in total. The van der Waals surface area contributed by atoms with Crippen LogP contribution in [0.5, 0.6) is 0 Å². The summed E-state index contributed by atoms with van der Waals surface area (Å²) in [7, 11) is 1.60. The SMILES string of the molecule is CNC(=O)c1ccc(/C=C/C(=O)Nc2ccc(N3CCCCC3)cc2)cc1. The Morgan fingerprint density at radius 2 is 1.59 bits per heavy atom. The van der Waals surface area contributed by atoms with Crippen LogP contribution in [0.15, 0.2) is 54.6 Å². The molecule has 1 saturated heterocycles. The molecule has 1 heterocycles. The topological polar surface area (TPSA) is 61.4 Å². The lowest BCUT2D eigenvalue weighted by atomic mass is 10.1. The van der Waals surface area contributed by atoms with E-state index in [1.807, 2.05) is 24.3 Å². The second kappa shape index (κ2) is 9.03. The van der Waals surface area contributed by atoms with Crippen LogP contribution in [-0.2, 0) is 4.79 Å². The van der Waals surface area contributed by atoms with Crippen molar-refractivity contribution in [2.45, 2.75) is 19.3 Å². The normalized spacial score (nSPS) is 14.2. The first-order valence-corrected chi connectivity index (χ1v) is 9.32. The van der Waals surface area contributed by atoms with E-state index in [9.17, 15) is 9.59 Å². The zero-order valence-electron chi connectivity index (χ0n) is 15.6. The van der Waals surface area contributed by atoms with Crippen LogP contribution in [0, 0.1) is 0 Å². The zero-order chi connectivity index (χ0) is 19.1. The maximum absolute atomic E-state index is 12.1. The summed E-state index contributed by atoms with van der Waals surface area (Å²) in [4.78, 5) is 26.0. The number of rotatable bonds is 5. The molecule has 1 aliphatic heterocycles. The van der Waals surface area contributed by atoms with Crippen molar-refractivity contribution in [1.82, 2.24) is 5.32 Å². The summed E-state index contributed by atoms with van der Waals surface area (Å²) in [6.45, 7) is 2.21. The second-order valence-corrected chi connectivity index (χ2v) is 6.62. The number of carbonyl (C=O) groups excluding carboxylic acids is 2. The standard InChI is InChI=1S/C22H25N3O2/c1-23-22(27)18-8-5-17(6-9-18)7-14-21(26)24-19-10-12-20(13-11-19)25-15-3-2-4-16-25/h5-14H,2-4,15-16H2,1H3,(H,23,27)(H,24,26)/b14-7+. The van der Waals surface area contributed by atoms with Gasteiger partial charge in [0.05, 0.1) is 0 Å². The number of piperidine rings is 1. The van der Waals surface area contributed by atoms with Gasteiger partial charge in [-0.2, -0.15) is 0 Å². The second-order valence-electron chi connectivity index (χ2n) is 6.62. The van der Waals surface area contributed by atoms with Gasteiger partial charge in [-0.1, -0.05) is 12.1 Å². The Morgan fingerprint density at radius 1 is 0.926 bits per heavy atom. The minimum Gasteiger partial charge on any atom is -0.372 e. The van der Waals surface area contributed by atoms with E-state index in [0.29, 0.717) is 5.56 Å². The van der Waals surface area contributed by atoms with Crippen molar-refractivity contribution >= 4 is 29.3 Å². The van der Waals surface area contributed by atoms with Gasteiger partial charge < -0.3 is 15.5 Å². The highest BCUT2D eigenvalue weighted by atomic mass is 16.2. The summed E-state index contributed by atoms with van der Waals surface area (Å²) in [6, 6.07) is 15.1. The fraction of sp³-hybridized carbons (Fsp3) is 0.273. The average Bonchev–Trinajstić information content (AvgIpc) is 2.73. The van der Waals surface area contributed by atoms with Crippen LogP contribution in [0.4, 0.5) is 11.4 Å². The lowest BCUT2D eigenvalue weighted by molar-refractivity contribution is -0.111. The Bertz CT molecular complexity index is 804. The monoisotopic (exact) mass is 363 g/mol. The van der Waals surface area contributed by atoms with Gasteiger partial charge in [0.25, 0.3) is 5.91 Å². The maximum atomic E-state index is 12.1. The lowest BCUT2D eigenvalue weighted by Gasteiger charge is -2.28. The predicted octanol–water partition coefficient (Wildman–Crippen LogP) is 3.69. The van der Waals surface area contributed by atoms with Crippen LogP contribution >= 0.6 is 0 Å². The average molecular weight is 363 g/mol. The van der Waals surface area contributed by atoms with E-state index in [2.05, 4.69) is 27.7 Å². The van der Waals surface area contributed by atoms with Gasteiger partial charge in [-0.3, -0.25) is 9.59 Å². The van der Waals surface area contributed by atoms with E-state index in [0.717, 1.165) is 24.3 Å². The van der Waals surface area contributed by atoms with Crippen molar-refractivity contribution in [3.05, 3.63) is 65.7 Å². The molecule has 5 heteroatoms. The fourth-order valence-corrected chi connectivity index (χ4v) is 3.15. The van der Waals surface area contributed by atoms with Crippen molar-refractivity contribution in [2.24, 2.45) is 0 Å². The molecule has 2 amide bonds. The number of anilines is 2. The van der Waals surface area contributed by atoms with E-state index in [4.69, 9.17) is 0 Å². The number of nitrogens with one attached hydrogen (secondary N) is 2. The zero-order valence-corrected chi connectivity index (χ0v) is 15.6. The highest BCUT2D eigenvalue weighted by Crippen LogP contribution is 2.21. The summed E-state index contributed by atoms with van der Waals surface area (Å²) < 4.78 is 0. The summed E-state index contributed by atoms with van der Waals surface area (Å²) in [5, 5.41) is 5.45. The Hall–Kier alpha value is -3.08. The first kappa shape index (κ1) is 18.7. The molecule has 0 aliphatic carbocycles. The molecule has 1 fully saturated rings. The fourth-order valence-electron chi connectivity index (χ4n) is 3.15. The number of amides is 2. The van der Waals surface area contributed by atoms with Gasteiger partial charge in [-0.25, -0.2) is 0 Å². The molecule has 27 heavy (non-hydrogen) atoms. The van der Waals surface area contributed by atoms with Gasteiger partial charge in [0.1, 0.15) is 0 Å². The van der Waals surface area contributed by atoms with Gasteiger partial charge >= 0.3 is 0 Å². The third-order valence-electron chi connectivity index (χ3n) is 4.68. The number of nitrogens with zero attached hydrogens (tertiary/aromatic N) is 1. The molecule has 0 aromatic heterocycles. The Labute approximate surface area is 160 Å². The maximum Gasteiger partial charge on any atom is 0.251 e. The Kier molecular flexibility index (Phi) is 6.26. The Balaban J connectivity index is 1.55. The van der Waals surface area contributed by atoms with Crippen LogP contribution in [0.25, 0.3) is 6.08 Å². The van der Waals surface area contributed by atoms with E-state index in [1.165, 1.54) is 31.0 Å². The van der Waals surface area contributed by atoms with Crippen LogP contribution < -0.4 is 15.5 Å². The van der Waals surface area contributed by atoms with E-state index >= 15 is 0 Å². The van der Waals surface area contributed by atoms with Gasteiger partial charge in [0, 0.05) is 43.2 Å². The first-order chi connectivity index (χ1) is 13.2. The van der Waals surface area contributed by atoms with Crippen molar-refractivity contribution in [2.75, 3.05) is 30.4 Å². The van der Waals surface area contributed by atoms with Gasteiger partial charge in [-0.05, 0) is 67.3 Å². The molecule has 0 atom stereocenters. The van der Waals surface area contributed by atoms with Crippen molar-refractivity contribution in [3.8, 4) is 0 Å². The predicted molar refractivity (Wildman–Crippen MR) is 110 cm³/mol. The van der Waals surface area contributed by atoms with E-state index < -0.39 is 0 Å². The number of benzene rings is 2. The van der Waals surface area contributed by atoms with Crippen LogP contribution in [0.3, 0.4) is 0 Å². The lowest BCUT2D eigenvalue weighted by Crippen LogP contribution is -2.29. The molecule has 140 valence electrons. The highest BCUT2D eigenvalue weighted by molar-refractivity contribution is 6.02. The van der Waals surface area contributed by atoms with Crippen molar-refractivity contribution in [3.63, 3.8) is 0 Å². The Morgan fingerprint density at radius 3 is 2.22 bits per heavy atom. The van der Waals surface area contributed by atoms with Crippen LogP contribution in [-0.4, -0.2) is 32.0 Å². The molecule has 0 unspecified atom stereocenters. The summed E-state index contributed by atoms with van der Waals surface area (Å²) in [5.74, 6) is -0.313. The minimum absolute atomic E-state index is 0.128. The summed E-state index contributed by atoms with van der Waals surface area (Å²) in [6.07, 6.45) is 7.02. The summed E-state index contributed by atoms with van der Waals surface area (Å²) >= 11 is 0. The molecular formula is C22H25N3O2. The third-order valence-corrected chi connectivity index (χ3v) is 4.68. The number of hydrogen-bond donors (Lipinski definition) is 2. The third kappa shape index (κ3) is 5.20. The highest BCUT2D eigenvalue weighted by Gasteiger charge is 2.10. The molecule has 1 aliphatic rings. The van der Waals surface area contributed by atoms with E-state index in [-0.39, 0.29) is 11.8 Å². The molecular weight excluding hydrogens is 338 g/mol. The van der Waals surface area contributed by atoms with Gasteiger partial charge in [0.2, 0.25) is 5.91 Å². The van der Waals surface area contributed by atoms with Crippen LogP contribution in [0.2, 0.25) is 0 Å². The molecule has 0 bridgehead atoms. The van der Waals surface area contributed by atoms with Crippen molar-refractivity contribution < 1.29 is 9.59 Å². The summed E-state index contributed by atoms with van der Waals surface area (Å²) in [5.41, 5.74) is 3.44. The molecule has 2 aromatic rings. The molecule has 0 spiro atoms. The smallest absolute Gasteiger partial charge is 0.251 e. The molecule has 3 rings (SSSR count). The quantitative estimate of drug-likeness (QED) is 0.797. The largest absolute Gasteiger partial charge is 0.372 e. The molecule has 2 aromatic carbocycles.